The third-order valence-corrected chi connectivity index (χ3v) is 4.67. The number of carboxylic acids is 1. The average Bonchev–Trinajstić information content (AvgIpc) is 3.04. The first-order valence-corrected chi connectivity index (χ1v) is 8.92. The Hall–Kier alpha value is -2.93. The van der Waals surface area contributed by atoms with Gasteiger partial charge in [-0.15, -0.1) is 0 Å². The highest BCUT2D eigenvalue weighted by Gasteiger charge is 2.17. The van der Waals surface area contributed by atoms with Crippen molar-refractivity contribution in [1.29, 1.82) is 0 Å². The smallest absolute Gasteiger partial charge is 0.356 e. The molecule has 1 heterocycles. The number of carboxylic acid groups (broad SMARTS) is 1. The number of imidazole rings is 1. The zero-order chi connectivity index (χ0) is 17.3. The number of hydrogen-bond acceptors (Lipinski definition) is 4. The lowest BCUT2D eigenvalue weighted by atomic mass is 10.1. The highest BCUT2D eigenvalue weighted by atomic mass is 32.2. The van der Waals surface area contributed by atoms with Crippen LogP contribution < -0.4 is 0 Å². The van der Waals surface area contributed by atoms with Crippen molar-refractivity contribution in [2.24, 2.45) is 0 Å². The van der Waals surface area contributed by atoms with Gasteiger partial charge in [0.1, 0.15) is 6.33 Å². The second-order valence-electron chi connectivity index (χ2n) is 5.29. The molecular weight excluding hydrogens is 328 g/mol. The molecule has 0 saturated carbocycles. The standard InChI is InChI=1S/C17H14N2O4S/c1-24(22,23)16-9-13(12-5-3-2-4-6-12)7-8-15(16)19-10-14(17(20)21)18-11-19/h2-11H,1H3,(H,20,21). The lowest BCUT2D eigenvalue weighted by Crippen LogP contribution is -2.05. The van der Waals surface area contributed by atoms with Gasteiger partial charge >= 0.3 is 5.97 Å². The molecule has 2 aromatic carbocycles. The van der Waals surface area contributed by atoms with Crippen LogP contribution in [0, 0.1) is 0 Å². The maximum Gasteiger partial charge on any atom is 0.356 e. The molecule has 0 amide bonds. The number of benzene rings is 2. The van der Waals surface area contributed by atoms with Crippen molar-refractivity contribution in [3.05, 3.63) is 66.7 Å². The molecule has 3 rings (SSSR count). The van der Waals surface area contributed by atoms with Gasteiger partial charge in [0, 0.05) is 12.5 Å². The Morgan fingerprint density at radius 1 is 1.08 bits per heavy atom. The molecule has 1 N–H and O–H groups in total. The number of carbonyl (C=O) groups is 1. The largest absolute Gasteiger partial charge is 0.476 e. The van der Waals surface area contributed by atoms with Gasteiger partial charge < -0.3 is 9.67 Å². The van der Waals surface area contributed by atoms with Crippen molar-refractivity contribution < 1.29 is 18.3 Å². The average molecular weight is 342 g/mol. The number of aromatic carboxylic acids is 1. The van der Waals surface area contributed by atoms with E-state index >= 15 is 0 Å². The van der Waals surface area contributed by atoms with Gasteiger partial charge in [0.05, 0.1) is 10.6 Å². The number of rotatable bonds is 4. The summed E-state index contributed by atoms with van der Waals surface area (Å²) in [6, 6.07) is 14.4. The zero-order valence-electron chi connectivity index (χ0n) is 12.7. The number of hydrogen-bond donors (Lipinski definition) is 1. The molecule has 1 aromatic heterocycles. The van der Waals surface area contributed by atoms with Crippen molar-refractivity contribution in [2.45, 2.75) is 4.90 Å². The molecule has 0 bridgehead atoms. The van der Waals surface area contributed by atoms with E-state index in [1.54, 1.807) is 18.2 Å². The summed E-state index contributed by atoms with van der Waals surface area (Å²) in [5, 5.41) is 8.97. The third kappa shape index (κ3) is 3.07. The Labute approximate surface area is 138 Å². The summed E-state index contributed by atoms with van der Waals surface area (Å²) < 4.78 is 25.8. The third-order valence-electron chi connectivity index (χ3n) is 3.55. The number of sulfone groups is 1. The van der Waals surface area contributed by atoms with Crippen LogP contribution in [0.4, 0.5) is 0 Å². The Bertz CT molecular complexity index is 1010. The van der Waals surface area contributed by atoms with Gasteiger partial charge in [-0.3, -0.25) is 0 Å². The Balaban J connectivity index is 2.18. The fourth-order valence-corrected chi connectivity index (χ4v) is 3.29. The number of nitrogens with zero attached hydrogens (tertiary/aromatic N) is 2. The molecule has 0 aliphatic rings. The Kier molecular flexibility index (Phi) is 3.94. The topological polar surface area (TPSA) is 89.3 Å². The Morgan fingerprint density at radius 2 is 1.79 bits per heavy atom. The first kappa shape index (κ1) is 15.9. The summed E-state index contributed by atoms with van der Waals surface area (Å²) in [4.78, 5) is 14.8. The molecule has 7 heteroatoms. The second-order valence-corrected chi connectivity index (χ2v) is 7.28. The first-order chi connectivity index (χ1) is 11.4. The lowest BCUT2D eigenvalue weighted by Gasteiger charge is -2.11. The fraction of sp³-hybridized carbons (Fsp3) is 0.0588. The van der Waals surface area contributed by atoms with Crippen LogP contribution in [0.3, 0.4) is 0 Å². The minimum atomic E-state index is -3.52. The van der Waals surface area contributed by atoms with E-state index in [0.717, 1.165) is 17.4 Å². The van der Waals surface area contributed by atoms with Crippen LogP contribution >= 0.6 is 0 Å². The molecule has 0 fully saturated rings. The minimum absolute atomic E-state index is 0.109. The van der Waals surface area contributed by atoms with E-state index in [2.05, 4.69) is 4.98 Å². The summed E-state index contributed by atoms with van der Waals surface area (Å²) in [7, 11) is -3.52. The van der Waals surface area contributed by atoms with Crippen molar-refractivity contribution >= 4 is 15.8 Å². The second kappa shape index (κ2) is 5.93. The van der Waals surface area contributed by atoms with E-state index < -0.39 is 15.8 Å². The molecule has 0 radical (unpaired) electrons. The van der Waals surface area contributed by atoms with Gasteiger partial charge in [-0.05, 0) is 23.3 Å². The summed E-state index contributed by atoms with van der Waals surface area (Å²) in [5.41, 5.74) is 1.86. The molecule has 3 aromatic rings. The SMILES string of the molecule is CS(=O)(=O)c1cc(-c2ccccc2)ccc1-n1cnc(C(=O)O)c1. The van der Waals surface area contributed by atoms with Crippen LogP contribution in [0.5, 0.6) is 0 Å². The monoisotopic (exact) mass is 342 g/mol. The molecule has 0 atom stereocenters. The van der Waals surface area contributed by atoms with Gasteiger partial charge in [-0.1, -0.05) is 36.4 Å². The van der Waals surface area contributed by atoms with Crippen LogP contribution in [0.25, 0.3) is 16.8 Å². The Morgan fingerprint density at radius 3 is 2.38 bits per heavy atom. The predicted octanol–water partition coefficient (Wildman–Crippen LogP) is 2.64. The van der Waals surface area contributed by atoms with Gasteiger partial charge in [0.15, 0.2) is 15.5 Å². The van der Waals surface area contributed by atoms with E-state index in [1.165, 1.54) is 17.1 Å². The van der Waals surface area contributed by atoms with Crippen molar-refractivity contribution in [2.75, 3.05) is 6.26 Å². The van der Waals surface area contributed by atoms with Gasteiger partial charge in [-0.25, -0.2) is 18.2 Å². The van der Waals surface area contributed by atoms with Gasteiger partial charge in [0.2, 0.25) is 0 Å². The van der Waals surface area contributed by atoms with Crippen LogP contribution in [-0.2, 0) is 9.84 Å². The van der Waals surface area contributed by atoms with Crippen molar-refractivity contribution in [3.63, 3.8) is 0 Å². The normalized spacial score (nSPS) is 11.4. The molecule has 122 valence electrons. The van der Waals surface area contributed by atoms with Crippen LogP contribution in [-0.4, -0.2) is 35.3 Å². The van der Waals surface area contributed by atoms with Gasteiger partial charge in [0.25, 0.3) is 0 Å². The lowest BCUT2D eigenvalue weighted by molar-refractivity contribution is 0.0691. The molecule has 0 aliphatic heterocycles. The molecule has 0 unspecified atom stereocenters. The maximum atomic E-state index is 12.2. The summed E-state index contributed by atoms with van der Waals surface area (Å²) in [5.74, 6) is -1.17. The molecule has 6 nitrogen and oxygen atoms in total. The number of aromatic nitrogens is 2. The van der Waals surface area contributed by atoms with E-state index in [-0.39, 0.29) is 10.6 Å². The van der Waals surface area contributed by atoms with Crippen LogP contribution in [0.2, 0.25) is 0 Å². The van der Waals surface area contributed by atoms with Gasteiger partial charge in [-0.2, -0.15) is 0 Å². The molecule has 24 heavy (non-hydrogen) atoms. The van der Waals surface area contributed by atoms with Crippen molar-refractivity contribution in [1.82, 2.24) is 9.55 Å². The minimum Gasteiger partial charge on any atom is -0.476 e. The van der Waals surface area contributed by atoms with E-state index in [1.807, 2.05) is 30.3 Å². The quantitative estimate of drug-likeness (QED) is 0.787. The molecular formula is C17H14N2O4S. The van der Waals surface area contributed by atoms with E-state index in [4.69, 9.17) is 5.11 Å². The van der Waals surface area contributed by atoms with Crippen LogP contribution in [0.1, 0.15) is 10.5 Å². The summed E-state index contributed by atoms with van der Waals surface area (Å²) >= 11 is 0. The van der Waals surface area contributed by atoms with E-state index in [0.29, 0.717) is 5.69 Å². The summed E-state index contributed by atoms with van der Waals surface area (Å²) in [6.45, 7) is 0. The molecule has 0 aliphatic carbocycles. The highest BCUT2D eigenvalue weighted by molar-refractivity contribution is 7.90. The van der Waals surface area contributed by atoms with E-state index in [9.17, 15) is 13.2 Å². The summed E-state index contributed by atoms with van der Waals surface area (Å²) in [6.07, 6.45) is 3.69. The maximum absolute atomic E-state index is 12.2. The highest BCUT2D eigenvalue weighted by Crippen LogP contribution is 2.27. The fourth-order valence-electron chi connectivity index (χ4n) is 2.40. The predicted molar refractivity (Wildman–Crippen MR) is 89.1 cm³/mol. The molecule has 0 spiro atoms. The van der Waals surface area contributed by atoms with Crippen LogP contribution in [0.15, 0.2) is 66.0 Å². The molecule has 0 saturated heterocycles. The first-order valence-electron chi connectivity index (χ1n) is 7.03. The zero-order valence-corrected chi connectivity index (χ0v) is 13.6. The van der Waals surface area contributed by atoms with Crippen molar-refractivity contribution in [3.8, 4) is 16.8 Å².